The molecule has 0 unspecified atom stereocenters. The molecule has 0 fully saturated rings. The lowest BCUT2D eigenvalue weighted by Crippen LogP contribution is -2.11. The lowest BCUT2D eigenvalue weighted by atomic mass is 9.84. The van der Waals surface area contributed by atoms with Crippen LogP contribution in [-0.2, 0) is 0 Å². The molecule has 0 bridgehead atoms. The van der Waals surface area contributed by atoms with E-state index in [-0.39, 0.29) is 17.7 Å². The first-order valence-corrected chi connectivity index (χ1v) is 13.4. The molecule has 0 spiro atoms. The molecule has 1 aliphatic rings. The average molecular weight is 552 g/mol. The van der Waals surface area contributed by atoms with E-state index < -0.39 is 6.01 Å². The largest absolute Gasteiger partial charge is 0.479 e. The van der Waals surface area contributed by atoms with Crippen LogP contribution in [0.5, 0.6) is 6.01 Å². The quantitative estimate of drug-likeness (QED) is 0.170. The molecule has 4 N–H and O–H groups in total. The number of anilines is 6. The van der Waals surface area contributed by atoms with E-state index >= 15 is 0 Å². The molecule has 7 rings (SSSR count). The first kappa shape index (κ1) is 25.2. The standard InChI is InChI=1S/C33H25N7O2/c1-18-10-13-20(14-11-18)35-31-38-32(40-33(42)39-31)36-21-15-12-19(2)27(16-21)37-30-25-9-5-8-24-28(25)26(17-34-30)22-6-3-4-7-23(22)29(24)41/h3-17H,1-2H3,(H,34,37)(H3,35,36,38,39,40,42). The van der Waals surface area contributed by atoms with Crippen LogP contribution in [0.3, 0.4) is 0 Å². The number of pyridine rings is 1. The third kappa shape index (κ3) is 4.52. The second-order valence-corrected chi connectivity index (χ2v) is 10.2. The number of ketones is 1. The summed E-state index contributed by atoms with van der Waals surface area (Å²) in [6.45, 7) is 4.00. The smallest absolute Gasteiger partial charge is 0.320 e. The van der Waals surface area contributed by atoms with E-state index in [1.807, 2.05) is 105 Å². The van der Waals surface area contributed by atoms with Crippen LogP contribution < -0.4 is 16.0 Å². The number of carbonyl (C=O) groups excluding carboxylic acids is 1. The number of nitrogens with one attached hydrogen (secondary N) is 3. The lowest BCUT2D eigenvalue weighted by molar-refractivity contribution is 0.104. The molecule has 9 heteroatoms. The summed E-state index contributed by atoms with van der Waals surface area (Å²) < 4.78 is 0. The molecule has 42 heavy (non-hydrogen) atoms. The van der Waals surface area contributed by atoms with E-state index in [1.54, 1.807) is 0 Å². The van der Waals surface area contributed by atoms with Gasteiger partial charge in [0, 0.05) is 50.7 Å². The van der Waals surface area contributed by atoms with Gasteiger partial charge in [-0.3, -0.25) is 4.79 Å². The predicted molar refractivity (Wildman–Crippen MR) is 164 cm³/mol. The van der Waals surface area contributed by atoms with Gasteiger partial charge in [0.05, 0.1) is 0 Å². The van der Waals surface area contributed by atoms with Gasteiger partial charge in [0.2, 0.25) is 11.9 Å². The molecule has 0 saturated heterocycles. The normalized spacial score (nSPS) is 11.7. The second kappa shape index (κ2) is 9.97. The number of nitrogens with zero attached hydrogens (tertiary/aromatic N) is 4. The van der Waals surface area contributed by atoms with E-state index in [2.05, 4.69) is 30.9 Å². The summed E-state index contributed by atoms with van der Waals surface area (Å²) >= 11 is 0. The first-order valence-electron chi connectivity index (χ1n) is 13.4. The molecule has 9 nitrogen and oxygen atoms in total. The Hall–Kier alpha value is -5.83. The summed E-state index contributed by atoms with van der Waals surface area (Å²) in [6, 6.07) is 26.5. The summed E-state index contributed by atoms with van der Waals surface area (Å²) in [5, 5.41) is 21.6. The van der Waals surface area contributed by atoms with Crippen molar-refractivity contribution in [2.24, 2.45) is 0 Å². The topological polar surface area (TPSA) is 125 Å². The number of aromatic nitrogens is 4. The minimum Gasteiger partial charge on any atom is -0.479 e. The van der Waals surface area contributed by atoms with Crippen LogP contribution in [0.25, 0.3) is 21.9 Å². The summed E-state index contributed by atoms with van der Waals surface area (Å²) in [4.78, 5) is 30.5. The van der Waals surface area contributed by atoms with E-state index in [0.29, 0.717) is 22.6 Å². The Morgan fingerprint density at radius 1 is 0.667 bits per heavy atom. The molecule has 0 atom stereocenters. The van der Waals surface area contributed by atoms with Gasteiger partial charge in [-0.15, -0.1) is 0 Å². The zero-order valence-electron chi connectivity index (χ0n) is 22.8. The zero-order chi connectivity index (χ0) is 28.8. The fourth-order valence-electron chi connectivity index (χ4n) is 5.19. The van der Waals surface area contributed by atoms with Crippen LogP contribution in [-0.4, -0.2) is 30.8 Å². The highest BCUT2D eigenvalue weighted by Gasteiger charge is 2.26. The van der Waals surface area contributed by atoms with Crippen molar-refractivity contribution in [1.82, 2.24) is 19.9 Å². The van der Waals surface area contributed by atoms with Crippen molar-refractivity contribution in [2.75, 3.05) is 16.0 Å². The van der Waals surface area contributed by atoms with Crippen LogP contribution in [0.4, 0.5) is 34.8 Å². The third-order valence-corrected chi connectivity index (χ3v) is 7.30. The highest BCUT2D eigenvalue weighted by atomic mass is 16.3. The van der Waals surface area contributed by atoms with Crippen LogP contribution >= 0.6 is 0 Å². The molecule has 2 aromatic heterocycles. The summed E-state index contributed by atoms with van der Waals surface area (Å²) in [5.74, 6) is 1.05. The monoisotopic (exact) mass is 551 g/mol. The van der Waals surface area contributed by atoms with E-state index in [0.717, 1.165) is 44.4 Å². The van der Waals surface area contributed by atoms with Crippen LogP contribution in [0, 0.1) is 13.8 Å². The predicted octanol–water partition coefficient (Wildman–Crippen LogP) is 7.18. The molecule has 0 saturated carbocycles. The maximum Gasteiger partial charge on any atom is 0.320 e. The van der Waals surface area contributed by atoms with Gasteiger partial charge < -0.3 is 21.1 Å². The van der Waals surface area contributed by atoms with Crippen molar-refractivity contribution < 1.29 is 9.90 Å². The molecule has 204 valence electrons. The van der Waals surface area contributed by atoms with E-state index in [4.69, 9.17) is 4.98 Å². The fourth-order valence-corrected chi connectivity index (χ4v) is 5.19. The number of rotatable bonds is 6. The van der Waals surface area contributed by atoms with Gasteiger partial charge in [-0.25, -0.2) is 4.98 Å². The van der Waals surface area contributed by atoms with Gasteiger partial charge in [-0.1, -0.05) is 66.2 Å². The number of benzene rings is 4. The van der Waals surface area contributed by atoms with Gasteiger partial charge in [-0.2, -0.15) is 15.0 Å². The summed E-state index contributed by atoms with van der Waals surface area (Å²) in [7, 11) is 0. The number of hydrogen-bond acceptors (Lipinski definition) is 9. The molecule has 0 amide bonds. The third-order valence-electron chi connectivity index (χ3n) is 7.30. The van der Waals surface area contributed by atoms with Gasteiger partial charge in [-0.05, 0) is 49.2 Å². The van der Waals surface area contributed by atoms with Crippen molar-refractivity contribution in [3.63, 3.8) is 0 Å². The second-order valence-electron chi connectivity index (χ2n) is 10.2. The van der Waals surface area contributed by atoms with Crippen LogP contribution in [0.1, 0.15) is 27.0 Å². The van der Waals surface area contributed by atoms with Crippen molar-refractivity contribution in [1.29, 1.82) is 0 Å². The molecule has 0 aliphatic heterocycles. The Kier molecular flexibility index (Phi) is 5.97. The fraction of sp³-hybridized carbons (Fsp3) is 0.0606. The van der Waals surface area contributed by atoms with E-state index in [1.165, 1.54) is 0 Å². The van der Waals surface area contributed by atoms with Crippen molar-refractivity contribution in [3.05, 3.63) is 113 Å². The minimum absolute atomic E-state index is 0.0140. The van der Waals surface area contributed by atoms with Gasteiger partial charge >= 0.3 is 6.01 Å². The highest BCUT2D eigenvalue weighted by molar-refractivity contribution is 6.26. The molecule has 2 heterocycles. The molecule has 4 aromatic carbocycles. The zero-order valence-corrected chi connectivity index (χ0v) is 22.8. The van der Waals surface area contributed by atoms with Gasteiger partial charge in [0.15, 0.2) is 5.78 Å². The average Bonchev–Trinajstić information content (AvgIpc) is 2.99. The Morgan fingerprint density at radius 2 is 1.36 bits per heavy atom. The number of aromatic hydroxyl groups is 1. The number of aryl methyl sites for hydroxylation is 2. The highest BCUT2D eigenvalue weighted by Crippen LogP contribution is 2.41. The van der Waals surface area contributed by atoms with Crippen LogP contribution in [0.2, 0.25) is 0 Å². The van der Waals surface area contributed by atoms with Crippen molar-refractivity contribution in [2.45, 2.75) is 13.8 Å². The minimum atomic E-state index is -0.406. The molecular formula is C33H25N7O2. The number of fused-ring (bicyclic) bond motifs is 2. The Bertz CT molecular complexity index is 2020. The lowest BCUT2D eigenvalue weighted by Gasteiger charge is -2.21. The molecule has 0 radical (unpaired) electrons. The van der Waals surface area contributed by atoms with Gasteiger partial charge in [0.25, 0.3) is 0 Å². The van der Waals surface area contributed by atoms with Gasteiger partial charge in [0.1, 0.15) is 5.82 Å². The Morgan fingerprint density at radius 3 is 2.14 bits per heavy atom. The maximum absolute atomic E-state index is 13.3. The summed E-state index contributed by atoms with van der Waals surface area (Å²) in [5.41, 5.74) is 7.62. The first-order chi connectivity index (χ1) is 20.4. The molecular weight excluding hydrogens is 526 g/mol. The molecule has 6 aromatic rings. The van der Waals surface area contributed by atoms with E-state index in [9.17, 15) is 9.90 Å². The SMILES string of the molecule is Cc1ccc(Nc2nc(O)nc(Nc3ccc(C)c(Nc4ncc5c6c(cccc46)C(=O)c4ccccc4-5)c3)n2)cc1. The van der Waals surface area contributed by atoms with Crippen molar-refractivity contribution >= 4 is 51.3 Å². The van der Waals surface area contributed by atoms with Crippen LogP contribution in [0.15, 0.2) is 91.1 Å². The van der Waals surface area contributed by atoms with Crippen molar-refractivity contribution in [3.8, 4) is 17.1 Å². The Balaban J connectivity index is 1.20. The number of hydrogen-bond donors (Lipinski definition) is 4. The molecule has 1 aliphatic carbocycles. The Labute approximate surface area is 241 Å². The maximum atomic E-state index is 13.3. The summed E-state index contributed by atoms with van der Waals surface area (Å²) in [6.07, 6.45) is 1.83. The number of carbonyl (C=O) groups is 1.